The maximum atomic E-state index is 13.5. The zero-order valence-corrected chi connectivity index (χ0v) is 16.8. The summed E-state index contributed by atoms with van der Waals surface area (Å²) in [6.07, 6.45) is 2.84. The van der Waals surface area contributed by atoms with E-state index in [1.165, 1.54) is 11.3 Å². The number of carbonyl (C=O) groups is 1. The lowest BCUT2D eigenvalue weighted by Gasteiger charge is -2.23. The summed E-state index contributed by atoms with van der Waals surface area (Å²) in [4.78, 5) is 20.0. The van der Waals surface area contributed by atoms with E-state index < -0.39 is 0 Å². The van der Waals surface area contributed by atoms with Gasteiger partial charge in [-0.2, -0.15) is 0 Å². The Bertz CT molecular complexity index is 996. The molecule has 1 aromatic heterocycles. The van der Waals surface area contributed by atoms with Crippen LogP contribution in [0.1, 0.15) is 29.6 Å². The van der Waals surface area contributed by atoms with E-state index in [1.807, 2.05) is 30.3 Å². The highest BCUT2D eigenvalue weighted by Gasteiger charge is 2.28. The molecule has 0 radical (unpaired) electrons. The number of para-hydroxylation sites is 1. The van der Waals surface area contributed by atoms with Gasteiger partial charge in [-0.25, -0.2) is 4.98 Å². The van der Waals surface area contributed by atoms with E-state index in [9.17, 15) is 4.79 Å². The molecule has 3 heterocycles. The lowest BCUT2D eigenvalue weighted by Crippen LogP contribution is -2.37. The van der Waals surface area contributed by atoms with Crippen molar-refractivity contribution in [3.63, 3.8) is 0 Å². The average Bonchev–Trinajstić information content (AvgIpc) is 3.35. The van der Waals surface area contributed by atoms with Crippen LogP contribution in [0.25, 0.3) is 10.2 Å². The number of ether oxygens (including phenoxy) is 3. The van der Waals surface area contributed by atoms with E-state index in [1.54, 1.807) is 17.0 Å². The number of nitrogens with zero attached hydrogens (tertiary/aromatic N) is 2. The van der Waals surface area contributed by atoms with Crippen LogP contribution in [0.2, 0.25) is 0 Å². The molecular formula is C22H22N2O4S. The van der Waals surface area contributed by atoms with Gasteiger partial charge >= 0.3 is 0 Å². The molecule has 1 atom stereocenters. The fourth-order valence-corrected chi connectivity index (χ4v) is 4.64. The topological polar surface area (TPSA) is 60.9 Å². The molecule has 7 heteroatoms. The molecule has 0 bridgehead atoms. The molecule has 2 aromatic carbocycles. The molecule has 1 fully saturated rings. The monoisotopic (exact) mass is 410 g/mol. The summed E-state index contributed by atoms with van der Waals surface area (Å²) in [5, 5.41) is 0.693. The third kappa shape index (κ3) is 3.80. The van der Waals surface area contributed by atoms with Crippen LogP contribution in [0, 0.1) is 0 Å². The van der Waals surface area contributed by atoms with Crippen molar-refractivity contribution in [3.05, 3.63) is 48.0 Å². The van der Waals surface area contributed by atoms with Crippen molar-refractivity contribution in [2.75, 3.05) is 31.3 Å². The number of amides is 1. The van der Waals surface area contributed by atoms with Crippen LogP contribution in [-0.2, 0) is 4.74 Å². The smallest absolute Gasteiger partial charge is 0.260 e. The summed E-state index contributed by atoms with van der Waals surface area (Å²) in [5.41, 5.74) is 1.46. The normalized spacial score (nSPS) is 18.6. The van der Waals surface area contributed by atoms with E-state index in [0.29, 0.717) is 42.0 Å². The first-order valence-corrected chi connectivity index (χ1v) is 10.8. The highest BCUT2D eigenvalue weighted by atomic mass is 32.1. The van der Waals surface area contributed by atoms with Crippen molar-refractivity contribution in [3.8, 4) is 11.5 Å². The van der Waals surface area contributed by atoms with E-state index in [2.05, 4.69) is 0 Å². The van der Waals surface area contributed by atoms with Crippen molar-refractivity contribution in [2.24, 2.45) is 0 Å². The third-order valence-electron chi connectivity index (χ3n) is 5.16. The van der Waals surface area contributed by atoms with Crippen molar-refractivity contribution < 1.29 is 19.0 Å². The number of benzene rings is 2. The number of anilines is 1. The fraction of sp³-hybridized carbons (Fsp3) is 0.364. The lowest BCUT2D eigenvalue weighted by molar-refractivity contribution is 0.0917. The van der Waals surface area contributed by atoms with Gasteiger partial charge in [0.25, 0.3) is 5.91 Å². The van der Waals surface area contributed by atoms with Gasteiger partial charge in [-0.05, 0) is 43.2 Å². The van der Waals surface area contributed by atoms with Crippen molar-refractivity contribution in [2.45, 2.75) is 25.4 Å². The zero-order valence-electron chi connectivity index (χ0n) is 16.0. The molecule has 1 unspecified atom stereocenters. The Morgan fingerprint density at radius 1 is 1.07 bits per heavy atom. The van der Waals surface area contributed by atoms with Crippen LogP contribution in [0.3, 0.4) is 0 Å². The Labute approximate surface area is 173 Å². The summed E-state index contributed by atoms with van der Waals surface area (Å²) in [7, 11) is 0. The Kier molecular flexibility index (Phi) is 5.08. The van der Waals surface area contributed by atoms with Crippen LogP contribution in [-0.4, -0.2) is 43.4 Å². The molecule has 6 nitrogen and oxygen atoms in total. The molecule has 1 amide bonds. The highest BCUT2D eigenvalue weighted by molar-refractivity contribution is 7.22. The number of hydrogen-bond acceptors (Lipinski definition) is 6. The number of carbonyl (C=O) groups excluding carboxylic acids is 1. The first kappa shape index (κ1) is 18.4. The SMILES string of the molecule is O=C(c1ccc2c(c1)OCCCO2)N(CC1CCCO1)c1nc2ccccc2s1. The molecule has 1 saturated heterocycles. The molecular weight excluding hydrogens is 388 g/mol. The van der Waals surface area contributed by atoms with Crippen LogP contribution >= 0.6 is 11.3 Å². The van der Waals surface area contributed by atoms with E-state index in [-0.39, 0.29) is 12.0 Å². The Morgan fingerprint density at radius 2 is 1.93 bits per heavy atom. The van der Waals surface area contributed by atoms with Gasteiger partial charge in [0, 0.05) is 18.6 Å². The molecule has 0 aliphatic carbocycles. The molecule has 0 spiro atoms. The zero-order chi connectivity index (χ0) is 19.6. The second kappa shape index (κ2) is 8.00. The molecule has 2 aliphatic rings. The summed E-state index contributed by atoms with van der Waals surface area (Å²) in [6.45, 7) is 2.45. The van der Waals surface area contributed by atoms with Gasteiger partial charge in [0.2, 0.25) is 0 Å². The van der Waals surface area contributed by atoms with Gasteiger partial charge in [0.15, 0.2) is 16.6 Å². The van der Waals surface area contributed by atoms with Gasteiger partial charge in [0.1, 0.15) is 0 Å². The van der Waals surface area contributed by atoms with Gasteiger partial charge in [0.05, 0.1) is 36.1 Å². The summed E-state index contributed by atoms with van der Waals surface area (Å²) < 4.78 is 18.3. The maximum absolute atomic E-state index is 13.5. The van der Waals surface area contributed by atoms with Gasteiger partial charge in [-0.1, -0.05) is 23.5 Å². The summed E-state index contributed by atoms with van der Waals surface area (Å²) in [6, 6.07) is 13.3. The summed E-state index contributed by atoms with van der Waals surface area (Å²) >= 11 is 1.53. The molecule has 150 valence electrons. The predicted molar refractivity (Wildman–Crippen MR) is 112 cm³/mol. The third-order valence-corrected chi connectivity index (χ3v) is 6.22. The molecule has 29 heavy (non-hydrogen) atoms. The predicted octanol–water partition coefficient (Wildman–Crippen LogP) is 4.28. The minimum absolute atomic E-state index is 0.0337. The Balaban J connectivity index is 1.49. The first-order valence-electron chi connectivity index (χ1n) is 9.96. The molecule has 0 saturated carbocycles. The Hall–Kier alpha value is -2.64. The van der Waals surface area contributed by atoms with Crippen molar-refractivity contribution >= 4 is 32.6 Å². The van der Waals surface area contributed by atoms with Crippen molar-refractivity contribution in [1.82, 2.24) is 4.98 Å². The molecule has 5 rings (SSSR count). The minimum atomic E-state index is -0.102. The van der Waals surface area contributed by atoms with Crippen LogP contribution in [0.5, 0.6) is 11.5 Å². The van der Waals surface area contributed by atoms with E-state index in [0.717, 1.165) is 36.1 Å². The van der Waals surface area contributed by atoms with Gasteiger partial charge in [-0.3, -0.25) is 9.69 Å². The van der Waals surface area contributed by atoms with Crippen LogP contribution < -0.4 is 14.4 Å². The van der Waals surface area contributed by atoms with Crippen LogP contribution in [0.15, 0.2) is 42.5 Å². The van der Waals surface area contributed by atoms with Gasteiger partial charge < -0.3 is 14.2 Å². The first-order chi connectivity index (χ1) is 14.3. The number of thiazole rings is 1. The van der Waals surface area contributed by atoms with Crippen molar-refractivity contribution in [1.29, 1.82) is 0 Å². The van der Waals surface area contributed by atoms with Crippen LogP contribution in [0.4, 0.5) is 5.13 Å². The number of rotatable bonds is 4. The van der Waals surface area contributed by atoms with E-state index in [4.69, 9.17) is 19.2 Å². The molecule has 2 aliphatic heterocycles. The second-order valence-corrected chi connectivity index (χ2v) is 8.24. The second-order valence-electron chi connectivity index (χ2n) is 7.23. The molecule has 3 aromatic rings. The largest absolute Gasteiger partial charge is 0.490 e. The summed E-state index contributed by atoms with van der Waals surface area (Å²) in [5.74, 6) is 1.20. The minimum Gasteiger partial charge on any atom is -0.490 e. The molecule has 0 N–H and O–H groups in total. The van der Waals surface area contributed by atoms with E-state index >= 15 is 0 Å². The maximum Gasteiger partial charge on any atom is 0.260 e. The number of hydrogen-bond donors (Lipinski definition) is 0. The fourth-order valence-electron chi connectivity index (χ4n) is 3.67. The Morgan fingerprint density at radius 3 is 2.76 bits per heavy atom. The van der Waals surface area contributed by atoms with Gasteiger partial charge in [-0.15, -0.1) is 0 Å². The lowest BCUT2D eigenvalue weighted by atomic mass is 10.1. The number of aromatic nitrogens is 1. The highest BCUT2D eigenvalue weighted by Crippen LogP contribution is 2.34. The quantitative estimate of drug-likeness (QED) is 0.642. The standard InChI is InChI=1S/C22H22N2O4S/c25-21(15-8-9-18-19(13-15)28-12-4-11-27-18)24(14-16-5-3-10-26-16)22-23-17-6-1-2-7-20(17)29-22/h1-2,6-9,13,16H,3-5,10-12,14H2. The average molecular weight is 410 g/mol. The number of fused-ring (bicyclic) bond motifs is 2.